The number of methoxy groups -OCH3 is 1. The summed E-state index contributed by atoms with van der Waals surface area (Å²) in [7, 11) is 0.809. The number of anilines is 1. The van der Waals surface area contributed by atoms with Gasteiger partial charge in [-0.2, -0.15) is 8.78 Å². The van der Waals surface area contributed by atoms with E-state index in [1.54, 1.807) is 0 Å². The molecular formula is C16H8F5N3O2S2. The Balaban J connectivity index is 1.81. The largest absolute Gasteiger partial charge is 0.491 e. The number of ether oxygens (including phenoxy) is 1. The number of fused-ring (bicyclic) bond motifs is 1. The Bertz CT molecular complexity index is 1090. The standard InChI is InChI=1S/C16H8F5N3O2S2/c1-26-13-11(20)9(18)8(10(19)12(13)21)14(25)23-15(27)24-16-22-6-3-2-5(17)4-7(6)28-16/h2-4H,1H3,(H2,22,23,24,25,27). The highest BCUT2D eigenvalue weighted by atomic mass is 32.1. The first-order valence-electron chi connectivity index (χ1n) is 7.31. The van der Waals surface area contributed by atoms with Crippen molar-refractivity contribution in [3.8, 4) is 5.75 Å². The normalized spacial score (nSPS) is 10.8. The van der Waals surface area contributed by atoms with Crippen molar-refractivity contribution >= 4 is 49.9 Å². The van der Waals surface area contributed by atoms with E-state index in [2.05, 4.69) is 15.0 Å². The van der Waals surface area contributed by atoms with Crippen molar-refractivity contribution in [1.29, 1.82) is 0 Å². The van der Waals surface area contributed by atoms with Gasteiger partial charge in [-0.3, -0.25) is 10.1 Å². The zero-order chi connectivity index (χ0) is 20.6. The summed E-state index contributed by atoms with van der Waals surface area (Å²) in [4.78, 5) is 16.1. The van der Waals surface area contributed by atoms with Crippen molar-refractivity contribution in [3.05, 3.63) is 52.8 Å². The number of nitrogens with zero attached hydrogens (tertiary/aromatic N) is 1. The second-order valence-electron chi connectivity index (χ2n) is 5.20. The molecule has 1 aromatic heterocycles. The number of benzene rings is 2. The quantitative estimate of drug-likeness (QED) is 0.370. The molecule has 2 N–H and O–H groups in total. The van der Waals surface area contributed by atoms with Crippen LogP contribution in [0.5, 0.6) is 5.75 Å². The van der Waals surface area contributed by atoms with E-state index in [1.807, 2.05) is 5.32 Å². The molecule has 146 valence electrons. The Labute approximate surface area is 163 Å². The Hall–Kier alpha value is -2.86. The highest BCUT2D eigenvalue weighted by molar-refractivity contribution is 7.80. The lowest BCUT2D eigenvalue weighted by molar-refractivity contribution is 0.0966. The summed E-state index contributed by atoms with van der Waals surface area (Å²) in [6, 6.07) is 3.85. The van der Waals surface area contributed by atoms with Crippen LogP contribution in [0.3, 0.4) is 0 Å². The average Bonchev–Trinajstić information content (AvgIpc) is 3.01. The molecule has 3 aromatic rings. The molecule has 0 saturated carbocycles. The molecule has 2 aromatic carbocycles. The molecule has 12 heteroatoms. The fourth-order valence-electron chi connectivity index (χ4n) is 2.24. The first kappa shape index (κ1) is 19.9. The molecule has 28 heavy (non-hydrogen) atoms. The minimum Gasteiger partial charge on any atom is -0.491 e. The van der Waals surface area contributed by atoms with Crippen molar-refractivity contribution in [2.24, 2.45) is 0 Å². The number of nitrogens with one attached hydrogen (secondary N) is 2. The van der Waals surface area contributed by atoms with E-state index < -0.39 is 51.4 Å². The number of hydrogen-bond donors (Lipinski definition) is 2. The maximum absolute atomic E-state index is 14.0. The van der Waals surface area contributed by atoms with E-state index in [0.29, 0.717) is 10.2 Å². The van der Waals surface area contributed by atoms with Crippen molar-refractivity contribution in [2.45, 2.75) is 0 Å². The van der Waals surface area contributed by atoms with Gasteiger partial charge in [-0.15, -0.1) is 0 Å². The van der Waals surface area contributed by atoms with Gasteiger partial charge in [0.2, 0.25) is 11.6 Å². The minimum atomic E-state index is -1.94. The number of halogens is 5. The molecule has 0 radical (unpaired) electrons. The molecule has 5 nitrogen and oxygen atoms in total. The van der Waals surface area contributed by atoms with Crippen LogP contribution in [0.2, 0.25) is 0 Å². The smallest absolute Gasteiger partial charge is 0.263 e. The Morgan fingerprint density at radius 2 is 1.75 bits per heavy atom. The third-order valence-corrected chi connectivity index (χ3v) is 4.59. The van der Waals surface area contributed by atoms with Crippen LogP contribution < -0.4 is 15.4 Å². The van der Waals surface area contributed by atoms with Gasteiger partial charge in [0.25, 0.3) is 5.91 Å². The second kappa shape index (κ2) is 7.64. The Morgan fingerprint density at radius 1 is 1.11 bits per heavy atom. The topological polar surface area (TPSA) is 63.2 Å². The summed E-state index contributed by atoms with van der Waals surface area (Å²) in [6.07, 6.45) is 0. The predicted octanol–water partition coefficient (Wildman–Crippen LogP) is 4.13. The van der Waals surface area contributed by atoms with Crippen LogP contribution in [-0.4, -0.2) is 23.1 Å². The van der Waals surface area contributed by atoms with Crippen LogP contribution in [0.25, 0.3) is 10.2 Å². The summed E-state index contributed by atoms with van der Waals surface area (Å²) < 4.78 is 73.3. The minimum absolute atomic E-state index is 0.152. The molecule has 0 spiro atoms. The van der Waals surface area contributed by atoms with Gasteiger partial charge in [-0.1, -0.05) is 11.3 Å². The van der Waals surface area contributed by atoms with E-state index >= 15 is 0 Å². The molecule has 0 unspecified atom stereocenters. The summed E-state index contributed by atoms with van der Waals surface area (Å²) >= 11 is 5.83. The fraction of sp³-hybridized carbons (Fsp3) is 0.0625. The molecule has 0 saturated heterocycles. The van der Waals surface area contributed by atoms with Crippen molar-refractivity contribution in [1.82, 2.24) is 10.3 Å². The predicted molar refractivity (Wildman–Crippen MR) is 96.1 cm³/mol. The third kappa shape index (κ3) is 3.60. The maximum Gasteiger partial charge on any atom is 0.263 e. The Kier molecular flexibility index (Phi) is 5.42. The van der Waals surface area contributed by atoms with E-state index in [4.69, 9.17) is 12.2 Å². The molecule has 0 fully saturated rings. The zero-order valence-corrected chi connectivity index (χ0v) is 15.3. The number of rotatable bonds is 3. The number of thiazole rings is 1. The summed E-state index contributed by atoms with van der Waals surface area (Å²) in [6.45, 7) is 0. The molecule has 0 aliphatic heterocycles. The van der Waals surface area contributed by atoms with Gasteiger partial charge in [0.15, 0.2) is 27.6 Å². The number of hydrogen-bond acceptors (Lipinski definition) is 5. The van der Waals surface area contributed by atoms with Crippen molar-refractivity contribution < 1.29 is 31.5 Å². The first-order valence-corrected chi connectivity index (χ1v) is 8.53. The van der Waals surface area contributed by atoms with Crippen LogP contribution in [0, 0.1) is 29.1 Å². The maximum atomic E-state index is 14.0. The number of carbonyl (C=O) groups is 1. The van der Waals surface area contributed by atoms with Gasteiger partial charge < -0.3 is 10.1 Å². The van der Waals surface area contributed by atoms with Gasteiger partial charge in [-0.05, 0) is 30.4 Å². The number of thiocarbonyl (C=S) groups is 1. The lowest BCUT2D eigenvalue weighted by Crippen LogP contribution is -2.35. The van der Waals surface area contributed by atoms with Gasteiger partial charge in [0, 0.05) is 0 Å². The van der Waals surface area contributed by atoms with Gasteiger partial charge in [-0.25, -0.2) is 18.2 Å². The van der Waals surface area contributed by atoms with Crippen LogP contribution in [0.4, 0.5) is 27.1 Å². The number of amides is 1. The van der Waals surface area contributed by atoms with E-state index in [9.17, 15) is 26.7 Å². The molecular weight excluding hydrogens is 425 g/mol. The average molecular weight is 433 g/mol. The second-order valence-corrected chi connectivity index (χ2v) is 6.64. The molecule has 0 atom stereocenters. The van der Waals surface area contributed by atoms with Crippen LogP contribution in [0.15, 0.2) is 18.2 Å². The number of carbonyl (C=O) groups excluding carboxylic acids is 1. The highest BCUT2D eigenvalue weighted by Crippen LogP contribution is 2.30. The highest BCUT2D eigenvalue weighted by Gasteiger charge is 2.30. The monoisotopic (exact) mass is 433 g/mol. The summed E-state index contributed by atoms with van der Waals surface area (Å²) in [5, 5.41) is 4.07. The first-order chi connectivity index (χ1) is 13.2. The van der Waals surface area contributed by atoms with E-state index in [-0.39, 0.29) is 5.13 Å². The van der Waals surface area contributed by atoms with Crippen LogP contribution in [-0.2, 0) is 0 Å². The summed E-state index contributed by atoms with van der Waals surface area (Å²) in [5.74, 6) is -10.9. The Morgan fingerprint density at radius 3 is 2.36 bits per heavy atom. The van der Waals surface area contributed by atoms with E-state index in [0.717, 1.165) is 18.4 Å². The van der Waals surface area contributed by atoms with Crippen LogP contribution >= 0.6 is 23.6 Å². The van der Waals surface area contributed by atoms with Gasteiger partial charge in [0.05, 0.1) is 17.3 Å². The number of aromatic nitrogens is 1. The van der Waals surface area contributed by atoms with Crippen molar-refractivity contribution in [2.75, 3.05) is 12.4 Å². The molecule has 1 amide bonds. The molecule has 0 aliphatic rings. The SMILES string of the molecule is COc1c(F)c(F)c(C(=O)NC(=S)Nc2nc3ccc(F)cc3s2)c(F)c1F. The van der Waals surface area contributed by atoms with Crippen molar-refractivity contribution in [3.63, 3.8) is 0 Å². The molecule has 0 aliphatic carbocycles. The van der Waals surface area contributed by atoms with Gasteiger partial charge in [0.1, 0.15) is 11.4 Å². The molecule has 1 heterocycles. The zero-order valence-electron chi connectivity index (χ0n) is 13.7. The van der Waals surface area contributed by atoms with Gasteiger partial charge >= 0.3 is 0 Å². The van der Waals surface area contributed by atoms with Crippen LogP contribution in [0.1, 0.15) is 10.4 Å². The summed E-state index contributed by atoms with van der Waals surface area (Å²) in [5.41, 5.74) is -1.06. The third-order valence-electron chi connectivity index (χ3n) is 3.45. The fourth-order valence-corrected chi connectivity index (χ4v) is 3.39. The lowest BCUT2D eigenvalue weighted by atomic mass is 10.1. The van der Waals surface area contributed by atoms with E-state index in [1.165, 1.54) is 18.2 Å². The lowest BCUT2D eigenvalue weighted by Gasteiger charge is -2.11. The molecule has 0 bridgehead atoms. The molecule has 3 rings (SSSR count).